The van der Waals surface area contributed by atoms with E-state index in [-0.39, 0.29) is 0 Å². The summed E-state index contributed by atoms with van der Waals surface area (Å²) in [5, 5.41) is 0.726. The van der Waals surface area contributed by atoms with Crippen LogP contribution in [0.3, 0.4) is 0 Å². The van der Waals surface area contributed by atoms with Crippen LogP contribution in [0.15, 0.2) is 12.3 Å². The Kier molecular flexibility index (Phi) is 7.46. The maximum absolute atomic E-state index is 4.07. The van der Waals surface area contributed by atoms with Crippen molar-refractivity contribution in [3.63, 3.8) is 0 Å². The highest BCUT2D eigenvalue weighted by Gasteiger charge is 2.37. The fourth-order valence-corrected chi connectivity index (χ4v) is 4.22. The van der Waals surface area contributed by atoms with Gasteiger partial charge in [0.1, 0.15) is 0 Å². The van der Waals surface area contributed by atoms with Crippen LogP contribution in [-0.4, -0.2) is 40.6 Å². The van der Waals surface area contributed by atoms with E-state index in [4.69, 9.17) is 0 Å². The van der Waals surface area contributed by atoms with Gasteiger partial charge in [0.05, 0.1) is 0 Å². The number of hydrogen-bond donors (Lipinski definition) is 0. The molecule has 2 fully saturated rings. The summed E-state index contributed by atoms with van der Waals surface area (Å²) in [6.07, 6.45) is 5.55. The summed E-state index contributed by atoms with van der Waals surface area (Å²) in [4.78, 5) is 2.46. The summed E-state index contributed by atoms with van der Waals surface area (Å²) in [5.74, 6) is 0. The second kappa shape index (κ2) is 8.33. The lowest BCUT2D eigenvalue weighted by molar-refractivity contribution is 0.0726. The molecule has 2 rings (SSSR count). The molecule has 2 nitrogen and oxygen atoms in total. The fraction of sp³-hybridized carbons (Fsp3) is 0.882. The monoisotopic (exact) mass is 298 g/mol. The van der Waals surface area contributed by atoms with Crippen molar-refractivity contribution in [2.45, 2.75) is 65.6 Å². The maximum atomic E-state index is 4.07. The van der Waals surface area contributed by atoms with Gasteiger partial charge in [0.2, 0.25) is 0 Å². The van der Waals surface area contributed by atoms with Crippen molar-refractivity contribution in [2.75, 3.05) is 26.2 Å². The molecule has 0 unspecified atom stereocenters. The van der Waals surface area contributed by atoms with E-state index in [2.05, 4.69) is 36.6 Å². The van der Waals surface area contributed by atoms with Gasteiger partial charge in [0, 0.05) is 37.1 Å². The normalized spacial score (nSPS) is 22.6. The number of rotatable bonds is 3. The lowest BCUT2D eigenvalue weighted by Crippen LogP contribution is -2.45. The molecule has 0 aliphatic carbocycles. The molecule has 0 aromatic carbocycles. The molecular formula is C17H34N2S. The number of hydrogen-bond acceptors (Lipinski definition) is 3. The molecule has 0 amide bonds. The van der Waals surface area contributed by atoms with E-state index in [0.717, 1.165) is 5.25 Å². The van der Waals surface area contributed by atoms with Crippen LogP contribution in [0.2, 0.25) is 0 Å². The van der Waals surface area contributed by atoms with E-state index in [1.807, 2.05) is 25.8 Å². The van der Waals surface area contributed by atoms with Crippen LogP contribution in [-0.2, 0) is 0 Å². The third-order valence-electron chi connectivity index (χ3n) is 4.51. The largest absolute Gasteiger partial charge is 0.375 e. The Morgan fingerprint density at radius 1 is 1.00 bits per heavy atom. The van der Waals surface area contributed by atoms with Crippen LogP contribution < -0.4 is 0 Å². The van der Waals surface area contributed by atoms with Crippen molar-refractivity contribution < 1.29 is 0 Å². The molecule has 0 N–H and O–H groups in total. The average Bonchev–Trinajstić information content (AvgIpc) is 2.44. The smallest absolute Gasteiger partial charge is 0.0180 e. The summed E-state index contributed by atoms with van der Waals surface area (Å²) in [6.45, 7) is 19.8. The van der Waals surface area contributed by atoms with Crippen molar-refractivity contribution in [1.82, 2.24) is 9.21 Å². The Bertz CT molecular complexity index is 283. The van der Waals surface area contributed by atoms with E-state index < -0.39 is 0 Å². The summed E-state index contributed by atoms with van der Waals surface area (Å²) in [6, 6.07) is 0. The van der Waals surface area contributed by atoms with E-state index in [0.29, 0.717) is 5.41 Å². The minimum atomic E-state index is 0.653. The molecule has 0 atom stereocenters. The molecule has 0 aromatic heterocycles. The predicted octanol–water partition coefficient (Wildman–Crippen LogP) is 4.78. The summed E-state index contributed by atoms with van der Waals surface area (Å²) in [7, 11) is 0. The van der Waals surface area contributed by atoms with Crippen molar-refractivity contribution >= 4 is 11.9 Å². The molecule has 2 aliphatic heterocycles. The Hall–Kier alpha value is -0.150. The highest BCUT2D eigenvalue weighted by Crippen LogP contribution is 2.43. The van der Waals surface area contributed by atoms with Gasteiger partial charge in [-0.3, -0.25) is 4.31 Å². The van der Waals surface area contributed by atoms with Crippen molar-refractivity contribution in [1.29, 1.82) is 0 Å². The second-order valence-electron chi connectivity index (χ2n) is 6.31. The zero-order chi connectivity index (χ0) is 15.2. The molecule has 0 bridgehead atoms. The van der Waals surface area contributed by atoms with Gasteiger partial charge in [-0.1, -0.05) is 46.2 Å². The van der Waals surface area contributed by atoms with Gasteiger partial charge >= 0.3 is 0 Å². The van der Waals surface area contributed by atoms with Gasteiger partial charge in [0.15, 0.2) is 0 Å². The molecule has 0 saturated carbocycles. The molecule has 1 spiro atoms. The van der Waals surface area contributed by atoms with Gasteiger partial charge in [-0.2, -0.15) is 0 Å². The average molecular weight is 299 g/mol. The lowest BCUT2D eigenvalue weighted by atomic mass is 9.71. The van der Waals surface area contributed by atoms with Crippen LogP contribution in [0.4, 0.5) is 0 Å². The van der Waals surface area contributed by atoms with Gasteiger partial charge in [-0.15, -0.1) is 0 Å². The zero-order valence-electron chi connectivity index (χ0n) is 14.2. The molecule has 0 radical (unpaired) electrons. The molecule has 118 valence electrons. The van der Waals surface area contributed by atoms with Gasteiger partial charge in [0.25, 0.3) is 0 Å². The Balaban J connectivity index is 0.000000956. The summed E-state index contributed by atoms with van der Waals surface area (Å²) < 4.78 is 2.58. The first-order chi connectivity index (χ1) is 9.51. The minimum Gasteiger partial charge on any atom is -0.375 e. The van der Waals surface area contributed by atoms with Crippen LogP contribution >= 0.6 is 11.9 Å². The molecular weight excluding hydrogens is 264 g/mol. The molecule has 2 saturated heterocycles. The van der Waals surface area contributed by atoms with Crippen molar-refractivity contribution in [3.8, 4) is 0 Å². The summed E-state index contributed by atoms with van der Waals surface area (Å²) in [5.41, 5.74) is 1.90. The fourth-order valence-electron chi connectivity index (χ4n) is 3.23. The highest BCUT2D eigenvalue weighted by molar-refractivity contribution is 7.97. The van der Waals surface area contributed by atoms with Crippen molar-refractivity contribution in [3.05, 3.63) is 12.3 Å². The van der Waals surface area contributed by atoms with E-state index in [1.54, 1.807) is 0 Å². The van der Waals surface area contributed by atoms with E-state index in [1.165, 1.54) is 57.6 Å². The Morgan fingerprint density at radius 2 is 1.45 bits per heavy atom. The number of nitrogens with zero attached hydrogens (tertiary/aromatic N) is 2. The Labute approximate surface area is 131 Å². The maximum Gasteiger partial charge on any atom is 0.0180 e. The second-order valence-corrected chi connectivity index (χ2v) is 7.98. The quantitative estimate of drug-likeness (QED) is 0.692. The minimum absolute atomic E-state index is 0.653. The van der Waals surface area contributed by atoms with Gasteiger partial charge < -0.3 is 4.90 Å². The van der Waals surface area contributed by atoms with E-state index >= 15 is 0 Å². The Morgan fingerprint density at radius 3 is 1.85 bits per heavy atom. The lowest BCUT2D eigenvalue weighted by Gasteiger charge is -2.47. The summed E-state index contributed by atoms with van der Waals surface area (Å²) >= 11 is 2.04. The van der Waals surface area contributed by atoms with Gasteiger partial charge in [-0.05, 0) is 38.0 Å². The van der Waals surface area contributed by atoms with Crippen LogP contribution in [0.5, 0.6) is 0 Å². The number of allylic oxidation sites excluding steroid dienone is 1. The predicted molar refractivity (Wildman–Crippen MR) is 92.9 cm³/mol. The zero-order valence-corrected chi connectivity index (χ0v) is 15.1. The third-order valence-corrected chi connectivity index (χ3v) is 5.59. The molecule has 2 heterocycles. The first-order valence-electron chi connectivity index (χ1n) is 8.33. The van der Waals surface area contributed by atoms with Crippen LogP contribution in [0, 0.1) is 5.41 Å². The van der Waals surface area contributed by atoms with Crippen molar-refractivity contribution in [2.24, 2.45) is 5.41 Å². The van der Waals surface area contributed by atoms with E-state index in [9.17, 15) is 0 Å². The first-order valence-corrected chi connectivity index (χ1v) is 9.17. The first kappa shape index (κ1) is 17.9. The number of piperidine rings is 2. The van der Waals surface area contributed by atoms with Crippen LogP contribution in [0.1, 0.15) is 60.3 Å². The molecule has 3 heteroatoms. The third kappa shape index (κ3) is 5.00. The van der Waals surface area contributed by atoms with Gasteiger partial charge in [-0.25, -0.2) is 0 Å². The molecule has 0 aromatic rings. The molecule has 2 aliphatic rings. The SMILES string of the molecule is C=C(C)N1CCC2(CCN(SC(C)C)CC2)CC1.CC. The molecule has 20 heavy (non-hydrogen) atoms. The van der Waals surface area contributed by atoms with Crippen LogP contribution in [0.25, 0.3) is 0 Å². The standard InChI is InChI=1S/C15H28N2S.C2H6/c1-13(2)16-9-5-15(6-10-16)7-11-17(12-8-15)18-14(3)4;1-2/h14H,1,5-12H2,2-4H3;1-2H3. The topological polar surface area (TPSA) is 6.48 Å². The highest BCUT2D eigenvalue weighted by atomic mass is 32.2. The number of likely N-dealkylation sites (tertiary alicyclic amines) is 1.